The van der Waals surface area contributed by atoms with Gasteiger partial charge >= 0.3 is 0 Å². The van der Waals surface area contributed by atoms with Crippen molar-refractivity contribution in [1.82, 2.24) is 12.3 Å². The van der Waals surface area contributed by atoms with Crippen molar-refractivity contribution in [1.29, 1.82) is 0 Å². The predicted octanol–water partition coefficient (Wildman–Crippen LogP) is 6.50. The fourth-order valence-electron chi connectivity index (χ4n) is 3.77. The van der Waals surface area contributed by atoms with Crippen LogP contribution in [0.4, 0.5) is 0 Å². The number of unbranched alkanes of at least 4 members (excludes halogenated alkanes) is 9. The highest BCUT2D eigenvalue weighted by atomic mass is 32.2. The maximum absolute atomic E-state index is 11.8. The fraction of sp³-hybridized carbons (Fsp3) is 0.500. The Morgan fingerprint density at radius 3 is 1.63 bits per heavy atom. The molecule has 0 heterocycles. The molecular weight excluding hydrogens is 492 g/mol. The molecule has 11 heteroatoms. The molecule has 0 aliphatic carbocycles. The van der Waals surface area contributed by atoms with Gasteiger partial charge in [0.2, 0.25) is 0 Å². The monoisotopic (exact) mass is 532 g/mol. The van der Waals surface area contributed by atoms with E-state index in [9.17, 15) is 25.9 Å². The molecule has 0 aliphatic heterocycles. The number of hydrogen-bond acceptors (Lipinski definition) is 7. The molecule has 0 saturated carbocycles. The third-order valence-electron chi connectivity index (χ3n) is 5.48. The van der Waals surface area contributed by atoms with Gasteiger partial charge in [0.1, 0.15) is 31.7 Å². The molecule has 0 aromatic heterocycles. The van der Waals surface area contributed by atoms with Crippen molar-refractivity contribution < 1.29 is 30.7 Å². The molecule has 0 spiro atoms. The highest BCUT2D eigenvalue weighted by Gasteiger charge is 2.17. The lowest BCUT2D eigenvalue weighted by molar-refractivity contribution is 0.432. The lowest BCUT2D eigenvalue weighted by Gasteiger charge is -2.19. The predicted molar refractivity (Wildman–Crippen MR) is 136 cm³/mol. The lowest BCUT2D eigenvalue weighted by atomic mass is 10.0. The maximum Gasteiger partial charge on any atom is 0.144 e. The first-order chi connectivity index (χ1) is 15.6. The van der Waals surface area contributed by atoms with E-state index in [4.69, 9.17) is 4.74 Å². The standard InChI is InChI=1S/C24H34O7S2.2H3N/c1-2-3-4-5-6-7-8-9-10-11-15-20-21(17-14-19-23(20)32(25,26)27)31-22-16-12-13-18-24(22)33(28,29)30;;/h12-14,16-19H,2-11,15H2,1H3,(H,25,26,27)(H,28,29,30);2*1H3. The minimum Gasteiger partial charge on any atom is -0.744 e. The summed E-state index contributed by atoms with van der Waals surface area (Å²) < 4.78 is 75.7. The third-order valence-corrected chi connectivity index (χ3v) is 7.28. The van der Waals surface area contributed by atoms with Crippen LogP contribution in [0.25, 0.3) is 0 Å². The first-order valence-corrected chi connectivity index (χ1v) is 14.3. The first-order valence-electron chi connectivity index (χ1n) is 11.4. The van der Waals surface area contributed by atoms with Crippen LogP contribution < -0.4 is 17.0 Å². The third kappa shape index (κ3) is 11.1. The van der Waals surface area contributed by atoms with E-state index >= 15 is 0 Å². The van der Waals surface area contributed by atoms with Crippen LogP contribution in [0, 0.1) is 0 Å². The summed E-state index contributed by atoms with van der Waals surface area (Å²) in [6, 6.07) is 9.37. The molecule has 0 unspecified atom stereocenters. The molecule has 2 aromatic rings. The van der Waals surface area contributed by atoms with Crippen LogP contribution >= 0.6 is 0 Å². The first kappa shape index (κ1) is 33.0. The highest BCUT2D eigenvalue weighted by Crippen LogP contribution is 2.34. The Kier molecular flexibility index (Phi) is 15.0. The van der Waals surface area contributed by atoms with E-state index < -0.39 is 30.0 Å². The molecule has 2 rings (SSSR count). The Bertz CT molecular complexity index is 1100. The van der Waals surface area contributed by atoms with Gasteiger partial charge in [-0.25, -0.2) is 16.8 Å². The van der Waals surface area contributed by atoms with Crippen molar-refractivity contribution >= 4 is 20.2 Å². The molecule has 2 aromatic carbocycles. The maximum atomic E-state index is 11.8. The smallest absolute Gasteiger partial charge is 0.144 e. The van der Waals surface area contributed by atoms with Crippen LogP contribution in [0.15, 0.2) is 52.3 Å². The van der Waals surface area contributed by atoms with E-state index in [1.54, 1.807) is 0 Å². The van der Waals surface area contributed by atoms with Crippen LogP contribution in [0.1, 0.15) is 76.7 Å². The van der Waals surface area contributed by atoms with Crippen molar-refractivity contribution in [2.24, 2.45) is 0 Å². The Balaban J connectivity index is 0.00000578. The molecule has 200 valence electrons. The van der Waals surface area contributed by atoms with Crippen LogP contribution in [-0.4, -0.2) is 25.9 Å². The molecular formula is C24H40N2O7S2. The summed E-state index contributed by atoms with van der Waals surface area (Å²) in [6.07, 6.45) is 11.3. The minimum absolute atomic E-state index is 0. The largest absolute Gasteiger partial charge is 0.744 e. The van der Waals surface area contributed by atoms with E-state index in [1.165, 1.54) is 74.9 Å². The summed E-state index contributed by atoms with van der Waals surface area (Å²) in [5, 5.41) is 0. The van der Waals surface area contributed by atoms with Crippen LogP contribution in [0.2, 0.25) is 0 Å². The zero-order valence-corrected chi connectivity index (χ0v) is 22.6. The van der Waals surface area contributed by atoms with E-state index in [0.29, 0.717) is 6.42 Å². The number of para-hydroxylation sites is 1. The Morgan fingerprint density at radius 1 is 0.629 bits per heavy atom. The van der Waals surface area contributed by atoms with E-state index in [1.807, 2.05) is 0 Å². The van der Waals surface area contributed by atoms with Gasteiger partial charge < -0.3 is 26.1 Å². The average Bonchev–Trinajstić information content (AvgIpc) is 2.74. The quantitative estimate of drug-likeness (QED) is 0.192. The van der Waals surface area contributed by atoms with E-state index in [0.717, 1.165) is 25.3 Å². The van der Waals surface area contributed by atoms with Crippen molar-refractivity contribution in [2.75, 3.05) is 0 Å². The normalized spacial score (nSPS) is 11.4. The van der Waals surface area contributed by atoms with E-state index in [2.05, 4.69) is 6.92 Å². The molecule has 0 atom stereocenters. The number of ether oxygens (including phenoxy) is 1. The van der Waals surface area contributed by atoms with Crippen LogP contribution in [0.3, 0.4) is 0 Å². The second-order valence-electron chi connectivity index (χ2n) is 8.12. The molecule has 0 bridgehead atoms. The lowest BCUT2D eigenvalue weighted by Crippen LogP contribution is -2.07. The van der Waals surface area contributed by atoms with Gasteiger partial charge in [-0.1, -0.05) is 82.9 Å². The molecule has 0 aliphatic rings. The molecule has 35 heavy (non-hydrogen) atoms. The fourth-order valence-corrected chi connectivity index (χ4v) is 5.12. The molecule has 0 fully saturated rings. The number of quaternary nitrogens is 2. The molecule has 8 N–H and O–H groups in total. The van der Waals surface area contributed by atoms with Gasteiger partial charge in [-0.2, -0.15) is 0 Å². The number of rotatable bonds is 15. The Morgan fingerprint density at radius 2 is 1.09 bits per heavy atom. The van der Waals surface area contributed by atoms with Crippen molar-refractivity contribution in [3.63, 3.8) is 0 Å². The number of benzene rings is 2. The highest BCUT2D eigenvalue weighted by molar-refractivity contribution is 7.86. The van der Waals surface area contributed by atoms with Gasteiger partial charge in [0, 0.05) is 5.56 Å². The van der Waals surface area contributed by atoms with Crippen molar-refractivity contribution in [2.45, 2.75) is 87.3 Å². The van der Waals surface area contributed by atoms with Crippen LogP contribution in [-0.2, 0) is 26.7 Å². The summed E-state index contributed by atoms with van der Waals surface area (Å²) in [5.41, 5.74) is 0.199. The van der Waals surface area contributed by atoms with Crippen LogP contribution in [0.5, 0.6) is 11.5 Å². The van der Waals surface area contributed by atoms with Gasteiger partial charge in [-0.3, -0.25) is 0 Å². The molecule has 0 radical (unpaired) electrons. The SMILES string of the molecule is CCCCCCCCCCCCc1c(Oc2ccccc2S(=O)(=O)[O-])cccc1S(=O)(=O)[O-].[NH4+].[NH4+]. The zero-order valence-electron chi connectivity index (χ0n) is 21.0. The van der Waals surface area contributed by atoms with Gasteiger partial charge in [0.15, 0.2) is 0 Å². The minimum atomic E-state index is -4.80. The van der Waals surface area contributed by atoms with Gasteiger partial charge in [0.25, 0.3) is 0 Å². The summed E-state index contributed by atoms with van der Waals surface area (Å²) >= 11 is 0. The summed E-state index contributed by atoms with van der Waals surface area (Å²) in [6.45, 7) is 2.19. The van der Waals surface area contributed by atoms with Crippen molar-refractivity contribution in [3.05, 3.63) is 48.0 Å². The molecule has 9 nitrogen and oxygen atoms in total. The summed E-state index contributed by atoms with van der Waals surface area (Å²) in [4.78, 5) is -0.941. The Labute approximate surface area is 210 Å². The zero-order chi connectivity index (χ0) is 24.3. The van der Waals surface area contributed by atoms with Gasteiger partial charge in [-0.15, -0.1) is 0 Å². The second-order valence-corrected chi connectivity index (χ2v) is 10.8. The molecule has 0 amide bonds. The topological polar surface area (TPSA) is 197 Å². The van der Waals surface area contributed by atoms with Gasteiger partial charge in [0.05, 0.1) is 9.79 Å². The Hall–Kier alpha value is -2.02. The summed E-state index contributed by atoms with van der Waals surface area (Å²) in [7, 11) is -9.56. The van der Waals surface area contributed by atoms with Gasteiger partial charge in [-0.05, 0) is 37.1 Å². The summed E-state index contributed by atoms with van der Waals surface area (Å²) in [5.74, 6) is -0.156. The second kappa shape index (κ2) is 15.9. The van der Waals surface area contributed by atoms with Crippen molar-refractivity contribution in [3.8, 4) is 11.5 Å². The van der Waals surface area contributed by atoms with E-state index in [-0.39, 0.29) is 35.8 Å². The number of hydrogen-bond donors (Lipinski definition) is 2. The average molecular weight is 533 g/mol. The molecule has 0 saturated heterocycles.